The van der Waals surface area contributed by atoms with Crippen molar-refractivity contribution in [3.05, 3.63) is 35.4 Å². The lowest BCUT2D eigenvalue weighted by Gasteiger charge is -2.16. The highest BCUT2D eigenvalue weighted by atomic mass is 79.9. The summed E-state index contributed by atoms with van der Waals surface area (Å²) >= 11 is 3.32. The van der Waals surface area contributed by atoms with E-state index < -0.39 is 12.6 Å². The number of alkyl halides is 4. The second-order valence-corrected chi connectivity index (χ2v) is 4.79. The van der Waals surface area contributed by atoms with Gasteiger partial charge in [0.15, 0.2) is 0 Å². The maximum atomic E-state index is 12.0. The maximum absolute atomic E-state index is 12.0. The number of hydrogen-bond donors (Lipinski definition) is 0. The Morgan fingerprint density at radius 1 is 1.22 bits per heavy atom. The summed E-state index contributed by atoms with van der Waals surface area (Å²) in [4.78, 5) is 0. The number of aryl methyl sites for hydroxylation is 1. The molecule has 0 aliphatic heterocycles. The van der Waals surface area contributed by atoms with Gasteiger partial charge in [0.05, 0.1) is 6.10 Å². The van der Waals surface area contributed by atoms with Gasteiger partial charge in [-0.25, -0.2) is 0 Å². The normalized spacial score (nSPS) is 13.6. The lowest BCUT2D eigenvalue weighted by atomic mass is 10.1. The largest absolute Gasteiger partial charge is 0.389 e. The van der Waals surface area contributed by atoms with Crippen LogP contribution in [-0.4, -0.2) is 18.1 Å². The molecule has 0 amide bonds. The molecule has 1 aromatic carbocycles. The van der Waals surface area contributed by atoms with Crippen LogP contribution in [0.15, 0.2) is 24.3 Å². The van der Waals surface area contributed by atoms with E-state index >= 15 is 0 Å². The minimum absolute atomic E-state index is 0.00113. The topological polar surface area (TPSA) is 9.23 Å². The molecule has 0 spiro atoms. The van der Waals surface area contributed by atoms with Crippen LogP contribution in [0.4, 0.5) is 13.2 Å². The number of benzene rings is 1. The van der Waals surface area contributed by atoms with Gasteiger partial charge in [-0.3, -0.25) is 0 Å². The molecule has 1 rings (SSSR count). The van der Waals surface area contributed by atoms with Crippen molar-refractivity contribution in [3.63, 3.8) is 0 Å². The molecule has 0 aliphatic rings. The maximum Gasteiger partial charge on any atom is 0.389 e. The molecule has 1 aromatic rings. The monoisotopic (exact) mass is 324 g/mol. The lowest BCUT2D eigenvalue weighted by molar-refractivity contribution is -0.138. The second-order valence-electron chi connectivity index (χ2n) is 4.14. The number of halogens is 4. The minimum atomic E-state index is -4.10. The highest BCUT2D eigenvalue weighted by molar-refractivity contribution is 9.09. The minimum Gasteiger partial charge on any atom is -0.373 e. The molecular formula is C13H16BrF3O. The fraction of sp³-hybridized carbons (Fsp3) is 0.538. The Kier molecular flexibility index (Phi) is 6.15. The van der Waals surface area contributed by atoms with Gasteiger partial charge in [-0.05, 0) is 18.9 Å². The summed E-state index contributed by atoms with van der Waals surface area (Å²) in [6.45, 7) is 2.10. The van der Waals surface area contributed by atoms with E-state index in [-0.39, 0.29) is 19.1 Å². The molecule has 0 radical (unpaired) electrons. The molecule has 0 fully saturated rings. The van der Waals surface area contributed by atoms with Crippen molar-refractivity contribution in [1.29, 1.82) is 0 Å². The summed E-state index contributed by atoms with van der Waals surface area (Å²) in [6, 6.07) is 7.80. The predicted octanol–water partition coefficient (Wildman–Crippen LogP) is 4.79. The fourth-order valence-corrected chi connectivity index (χ4v) is 2.07. The van der Waals surface area contributed by atoms with Crippen molar-refractivity contribution in [1.82, 2.24) is 0 Å². The third-order valence-corrected chi connectivity index (χ3v) is 3.10. The van der Waals surface area contributed by atoms with Gasteiger partial charge in [0.1, 0.15) is 0 Å². The van der Waals surface area contributed by atoms with Crippen LogP contribution in [0.25, 0.3) is 0 Å². The quantitative estimate of drug-likeness (QED) is 0.540. The SMILES string of the molecule is Cc1ccc(C(CBr)OCCCC(F)(F)F)cc1. The Morgan fingerprint density at radius 2 is 1.83 bits per heavy atom. The number of rotatable bonds is 6. The summed E-state index contributed by atoms with van der Waals surface area (Å²) < 4.78 is 41.4. The first-order valence-corrected chi connectivity index (χ1v) is 6.85. The Morgan fingerprint density at radius 3 is 2.33 bits per heavy atom. The van der Waals surface area contributed by atoms with Crippen molar-refractivity contribution in [2.24, 2.45) is 0 Å². The fourth-order valence-electron chi connectivity index (χ4n) is 1.51. The second kappa shape index (κ2) is 7.14. The Labute approximate surface area is 113 Å². The van der Waals surface area contributed by atoms with Gasteiger partial charge in [0, 0.05) is 18.4 Å². The molecule has 5 heteroatoms. The number of ether oxygens (including phenoxy) is 1. The van der Waals surface area contributed by atoms with Crippen molar-refractivity contribution in [3.8, 4) is 0 Å². The molecule has 0 heterocycles. The van der Waals surface area contributed by atoms with Gasteiger partial charge in [0.25, 0.3) is 0 Å². The van der Waals surface area contributed by atoms with Crippen molar-refractivity contribution in [2.75, 3.05) is 11.9 Å². The van der Waals surface area contributed by atoms with Crippen molar-refractivity contribution >= 4 is 15.9 Å². The molecule has 1 unspecified atom stereocenters. The summed E-state index contributed by atoms with van der Waals surface area (Å²) in [5, 5.41) is 0.572. The average molecular weight is 325 g/mol. The van der Waals surface area contributed by atoms with Crippen LogP contribution in [0.2, 0.25) is 0 Å². The zero-order valence-electron chi connectivity index (χ0n) is 10.1. The van der Waals surface area contributed by atoms with Crippen LogP contribution in [0.1, 0.15) is 30.1 Å². The summed E-state index contributed by atoms with van der Waals surface area (Å²) in [5.41, 5.74) is 2.12. The van der Waals surface area contributed by atoms with Gasteiger partial charge in [-0.2, -0.15) is 13.2 Å². The van der Waals surface area contributed by atoms with E-state index in [1.54, 1.807) is 0 Å². The van der Waals surface area contributed by atoms with Crippen LogP contribution in [0.5, 0.6) is 0 Å². The van der Waals surface area contributed by atoms with Crippen molar-refractivity contribution < 1.29 is 17.9 Å². The zero-order valence-corrected chi connectivity index (χ0v) is 11.7. The molecule has 0 saturated carbocycles. The first-order chi connectivity index (χ1) is 8.42. The predicted molar refractivity (Wildman–Crippen MR) is 69.0 cm³/mol. The van der Waals surface area contributed by atoms with E-state index in [2.05, 4.69) is 15.9 Å². The molecule has 0 bridgehead atoms. The van der Waals surface area contributed by atoms with Gasteiger partial charge >= 0.3 is 6.18 Å². The van der Waals surface area contributed by atoms with Crippen molar-refractivity contribution in [2.45, 2.75) is 32.0 Å². The molecule has 0 N–H and O–H groups in total. The third kappa shape index (κ3) is 5.87. The van der Waals surface area contributed by atoms with Crippen LogP contribution >= 0.6 is 15.9 Å². The molecule has 0 aliphatic carbocycles. The van der Waals surface area contributed by atoms with Gasteiger partial charge in [-0.15, -0.1) is 0 Å². The lowest BCUT2D eigenvalue weighted by Crippen LogP contribution is -2.11. The smallest absolute Gasteiger partial charge is 0.373 e. The molecular weight excluding hydrogens is 309 g/mol. The van der Waals surface area contributed by atoms with E-state index in [4.69, 9.17) is 4.74 Å². The van der Waals surface area contributed by atoms with Crippen LogP contribution in [-0.2, 0) is 4.74 Å². The molecule has 1 atom stereocenters. The first kappa shape index (κ1) is 15.5. The zero-order chi connectivity index (χ0) is 13.6. The van der Waals surface area contributed by atoms with Gasteiger partial charge < -0.3 is 4.74 Å². The van der Waals surface area contributed by atoms with E-state index in [9.17, 15) is 13.2 Å². The average Bonchev–Trinajstić information content (AvgIpc) is 2.29. The van der Waals surface area contributed by atoms with Gasteiger partial charge in [0.2, 0.25) is 0 Å². The molecule has 18 heavy (non-hydrogen) atoms. The van der Waals surface area contributed by atoms with E-state index in [1.807, 2.05) is 31.2 Å². The standard InChI is InChI=1S/C13H16BrF3O/c1-10-3-5-11(6-4-10)12(9-14)18-8-2-7-13(15,16)17/h3-6,12H,2,7-9H2,1H3. The Balaban J connectivity index is 2.40. The highest BCUT2D eigenvalue weighted by Gasteiger charge is 2.26. The summed E-state index contributed by atoms with van der Waals surface area (Å²) in [6.07, 6.45) is -5.09. The highest BCUT2D eigenvalue weighted by Crippen LogP contribution is 2.24. The van der Waals surface area contributed by atoms with Crippen LogP contribution < -0.4 is 0 Å². The van der Waals surface area contributed by atoms with Crippen LogP contribution in [0.3, 0.4) is 0 Å². The van der Waals surface area contributed by atoms with Crippen LogP contribution in [0, 0.1) is 6.92 Å². The van der Waals surface area contributed by atoms with E-state index in [0.29, 0.717) is 5.33 Å². The number of hydrogen-bond acceptors (Lipinski definition) is 1. The molecule has 0 aromatic heterocycles. The summed E-state index contributed by atoms with van der Waals surface area (Å²) in [5.74, 6) is 0. The molecule has 102 valence electrons. The van der Waals surface area contributed by atoms with E-state index in [1.165, 1.54) is 0 Å². The first-order valence-electron chi connectivity index (χ1n) is 5.73. The molecule has 1 nitrogen and oxygen atoms in total. The van der Waals surface area contributed by atoms with Gasteiger partial charge in [-0.1, -0.05) is 45.8 Å². The third-order valence-electron chi connectivity index (χ3n) is 2.51. The summed E-state index contributed by atoms with van der Waals surface area (Å²) in [7, 11) is 0. The Hall–Kier alpha value is -0.550. The molecule has 0 saturated heterocycles. The Bertz CT molecular complexity index is 348. The van der Waals surface area contributed by atoms with E-state index in [0.717, 1.165) is 11.1 Å².